The zero-order valence-electron chi connectivity index (χ0n) is 9.92. The standard InChI is InChI=1S/C13H13N3O2/c1-9-4-5-10(7-15-9)8-16-11-3-2-6-14-12(11)13(17)18/h2-7,16H,8H2,1H3,(H,17,18). The average molecular weight is 243 g/mol. The fourth-order valence-electron chi connectivity index (χ4n) is 1.52. The number of nitrogens with one attached hydrogen (secondary N) is 1. The number of hydrogen-bond acceptors (Lipinski definition) is 4. The molecule has 2 heterocycles. The fraction of sp³-hybridized carbons (Fsp3) is 0.154. The number of nitrogens with zero attached hydrogens (tertiary/aromatic N) is 2. The number of carboxylic acid groups (broad SMARTS) is 1. The molecule has 0 aliphatic rings. The van der Waals surface area contributed by atoms with E-state index in [9.17, 15) is 4.79 Å². The Bertz CT molecular complexity index is 552. The van der Waals surface area contributed by atoms with E-state index in [0.29, 0.717) is 12.2 Å². The molecule has 2 N–H and O–H groups in total. The molecular weight excluding hydrogens is 230 g/mol. The van der Waals surface area contributed by atoms with E-state index in [-0.39, 0.29) is 5.69 Å². The van der Waals surface area contributed by atoms with Gasteiger partial charge in [-0.05, 0) is 30.7 Å². The monoisotopic (exact) mass is 243 g/mol. The molecule has 2 rings (SSSR count). The predicted molar refractivity (Wildman–Crippen MR) is 67.5 cm³/mol. The van der Waals surface area contributed by atoms with Crippen molar-refractivity contribution in [3.63, 3.8) is 0 Å². The summed E-state index contributed by atoms with van der Waals surface area (Å²) in [4.78, 5) is 19.0. The maximum absolute atomic E-state index is 11.0. The quantitative estimate of drug-likeness (QED) is 0.860. The molecule has 0 saturated carbocycles. The first-order valence-electron chi connectivity index (χ1n) is 5.50. The van der Waals surface area contributed by atoms with Gasteiger partial charge in [-0.3, -0.25) is 4.98 Å². The van der Waals surface area contributed by atoms with Crippen LogP contribution in [0.5, 0.6) is 0 Å². The van der Waals surface area contributed by atoms with Crippen molar-refractivity contribution < 1.29 is 9.90 Å². The van der Waals surface area contributed by atoms with Gasteiger partial charge in [0.2, 0.25) is 0 Å². The van der Waals surface area contributed by atoms with Crippen LogP contribution in [0.2, 0.25) is 0 Å². The number of pyridine rings is 2. The molecule has 0 saturated heterocycles. The number of carboxylic acids is 1. The van der Waals surface area contributed by atoms with E-state index in [0.717, 1.165) is 11.3 Å². The van der Waals surface area contributed by atoms with Gasteiger partial charge in [-0.25, -0.2) is 9.78 Å². The number of aryl methyl sites for hydroxylation is 1. The van der Waals surface area contributed by atoms with Crippen LogP contribution in [-0.2, 0) is 6.54 Å². The number of rotatable bonds is 4. The smallest absolute Gasteiger partial charge is 0.356 e. The first kappa shape index (κ1) is 12.0. The van der Waals surface area contributed by atoms with Gasteiger partial charge in [0, 0.05) is 24.6 Å². The van der Waals surface area contributed by atoms with E-state index in [4.69, 9.17) is 5.11 Å². The van der Waals surface area contributed by atoms with Gasteiger partial charge >= 0.3 is 5.97 Å². The van der Waals surface area contributed by atoms with E-state index in [1.54, 1.807) is 18.3 Å². The molecule has 5 nitrogen and oxygen atoms in total. The minimum absolute atomic E-state index is 0.0255. The molecule has 0 bridgehead atoms. The number of hydrogen-bond donors (Lipinski definition) is 2. The van der Waals surface area contributed by atoms with Gasteiger partial charge in [-0.15, -0.1) is 0 Å². The highest BCUT2D eigenvalue weighted by Gasteiger charge is 2.10. The second kappa shape index (κ2) is 5.27. The molecular formula is C13H13N3O2. The summed E-state index contributed by atoms with van der Waals surface area (Å²) >= 11 is 0. The van der Waals surface area contributed by atoms with Gasteiger partial charge in [0.15, 0.2) is 5.69 Å². The minimum atomic E-state index is -1.04. The molecule has 2 aromatic heterocycles. The molecule has 0 radical (unpaired) electrons. The van der Waals surface area contributed by atoms with Crippen molar-refractivity contribution in [3.05, 3.63) is 53.6 Å². The second-order valence-corrected chi connectivity index (χ2v) is 3.87. The van der Waals surface area contributed by atoms with E-state index in [1.165, 1.54) is 6.20 Å². The van der Waals surface area contributed by atoms with Crippen molar-refractivity contribution in [3.8, 4) is 0 Å². The van der Waals surface area contributed by atoms with Crippen molar-refractivity contribution in [2.45, 2.75) is 13.5 Å². The average Bonchev–Trinajstić information content (AvgIpc) is 2.38. The molecule has 0 unspecified atom stereocenters. The third-order valence-electron chi connectivity index (χ3n) is 2.47. The van der Waals surface area contributed by atoms with Crippen molar-refractivity contribution in [1.82, 2.24) is 9.97 Å². The van der Waals surface area contributed by atoms with E-state index < -0.39 is 5.97 Å². The van der Waals surface area contributed by atoms with Crippen molar-refractivity contribution in [2.24, 2.45) is 0 Å². The van der Waals surface area contributed by atoms with Crippen LogP contribution in [0.4, 0.5) is 5.69 Å². The van der Waals surface area contributed by atoms with E-state index in [2.05, 4.69) is 15.3 Å². The number of carbonyl (C=O) groups is 1. The van der Waals surface area contributed by atoms with Crippen molar-refractivity contribution in [1.29, 1.82) is 0 Å². The van der Waals surface area contributed by atoms with Gasteiger partial charge in [0.1, 0.15) is 0 Å². The largest absolute Gasteiger partial charge is 0.476 e. The summed E-state index contributed by atoms with van der Waals surface area (Å²) in [5.41, 5.74) is 2.47. The fourth-order valence-corrected chi connectivity index (χ4v) is 1.52. The van der Waals surface area contributed by atoms with Gasteiger partial charge in [-0.2, -0.15) is 0 Å². The van der Waals surface area contributed by atoms with Crippen molar-refractivity contribution in [2.75, 3.05) is 5.32 Å². The Kier molecular flexibility index (Phi) is 3.52. The van der Waals surface area contributed by atoms with Crippen LogP contribution >= 0.6 is 0 Å². The number of aromatic nitrogens is 2. The molecule has 0 fully saturated rings. The normalized spacial score (nSPS) is 10.1. The van der Waals surface area contributed by atoms with Gasteiger partial charge in [-0.1, -0.05) is 6.07 Å². The SMILES string of the molecule is Cc1ccc(CNc2cccnc2C(=O)O)cn1. The van der Waals surface area contributed by atoms with Crippen LogP contribution in [0.15, 0.2) is 36.7 Å². The molecule has 2 aromatic rings. The highest BCUT2D eigenvalue weighted by molar-refractivity contribution is 5.91. The number of anilines is 1. The van der Waals surface area contributed by atoms with E-state index in [1.807, 2.05) is 19.1 Å². The van der Waals surface area contributed by atoms with Crippen LogP contribution in [0, 0.1) is 6.92 Å². The van der Waals surface area contributed by atoms with Crippen LogP contribution in [0.1, 0.15) is 21.7 Å². The van der Waals surface area contributed by atoms with Crippen LogP contribution in [-0.4, -0.2) is 21.0 Å². The Morgan fingerprint density at radius 3 is 2.83 bits per heavy atom. The Labute approximate surface area is 105 Å². The Hall–Kier alpha value is -2.43. The molecule has 0 atom stereocenters. The molecule has 5 heteroatoms. The Morgan fingerprint density at radius 2 is 2.17 bits per heavy atom. The lowest BCUT2D eigenvalue weighted by molar-refractivity contribution is 0.0691. The van der Waals surface area contributed by atoms with Gasteiger partial charge in [0.25, 0.3) is 0 Å². The zero-order valence-corrected chi connectivity index (χ0v) is 9.92. The number of aromatic carboxylic acids is 1. The van der Waals surface area contributed by atoms with Crippen molar-refractivity contribution >= 4 is 11.7 Å². The lowest BCUT2D eigenvalue weighted by Gasteiger charge is -2.08. The van der Waals surface area contributed by atoms with Crippen LogP contribution < -0.4 is 5.32 Å². The molecule has 18 heavy (non-hydrogen) atoms. The summed E-state index contributed by atoms with van der Waals surface area (Å²) in [7, 11) is 0. The lowest BCUT2D eigenvalue weighted by atomic mass is 10.2. The predicted octanol–water partition coefficient (Wildman–Crippen LogP) is 2.10. The Balaban J connectivity index is 2.10. The Morgan fingerprint density at radius 1 is 1.33 bits per heavy atom. The zero-order chi connectivity index (χ0) is 13.0. The molecule has 0 aromatic carbocycles. The minimum Gasteiger partial charge on any atom is -0.476 e. The summed E-state index contributed by atoms with van der Waals surface area (Å²) in [5.74, 6) is -1.04. The highest BCUT2D eigenvalue weighted by atomic mass is 16.4. The topological polar surface area (TPSA) is 75.1 Å². The summed E-state index contributed by atoms with van der Waals surface area (Å²) in [6.07, 6.45) is 3.22. The maximum Gasteiger partial charge on any atom is 0.356 e. The lowest BCUT2D eigenvalue weighted by Crippen LogP contribution is -2.08. The maximum atomic E-state index is 11.0. The van der Waals surface area contributed by atoms with Crippen LogP contribution in [0.3, 0.4) is 0 Å². The molecule has 0 aliphatic heterocycles. The second-order valence-electron chi connectivity index (χ2n) is 3.87. The first-order chi connectivity index (χ1) is 8.66. The third kappa shape index (κ3) is 2.82. The molecule has 0 aliphatic carbocycles. The third-order valence-corrected chi connectivity index (χ3v) is 2.47. The highest BCUT2D eigenvalue weighted by Crippen LogP contribution is 2.13. The molecule has 0 spiro atoms. The first-order valence-corrected chi connectivity index (χ1v) is 5.50. The molecule has 0 amide bonds. The van der Waals surface area contributed by atoms with Crippen LogP contribution in [0.25, 0.3) is 0 Å². The van der Waals surface area contributed by atoms with Gasteiger partial charge < -0.3 is 10.4 Å². The summed E-state index contributed by atoms with van der Waals surface area (Å²) in [6, 6.07) is 7.25. The molecule has 92 valence electrons. The van der Waals surface area contributed by atoms with E-state index >= 15 is 0 Å². The summed E-state index contributed by atoms with van der Waals surface area (Å²) in [5, 5.41) is 12.0. The van der Waals surface area contributed by atoms with Gasteiger partial charge in [0.05, 0.1) is 5.69 Å². The summed E-state index contributed by atoms with van der Waals surface area (Å²) in [6.45, 7) is 2.43. The summed E-state index contributed by atoms with van der Waals surface area (Å²) < 4.78 is 0.